The number of hydrogen-bond acceptors (Lipinski definition) is 6. The predicted molar refractivity (Wildman–Crippen MR) is 124 cm³/mol. The zero-order chi connectivity index (χ0) is 25.6. The summed E-state index contributed by atoms with van der Waals surface area (Å²) in [4.78, 5) is 13.0. The van der Waals surface area contributed by atoms with Gasteiger partial charge < -0.3 is 10.2 Å². The molecule has 0 spiro atoms. The lowest BCUT2D eigenvalue weighted by Crippen LogP contribution is -2.51. The van der Waals surface area contributed by atoms with Gasteiger partial charge in [-0.3, -0.25) is 4.98 Å². The molecule has 0 amide bonds. The zero-order valence-corrected chi connectivity index (χ0v) is 19.1. The molecule has 12 heteroatoms. The smallest absolute Gasteiger partial charge is 0.353 e. The lowest BCUT2D eigenvalue weighted by Gasteiger charge is -2.34. The number of nitrogens with one attached hydrogen (secondary N) is 1. The Kier molecular flexibility index (Phi) is 6.10. The van der Waals surface area contributed by atoms with Crippen LogP contribution in [0.3, 0.4) is 0 Å². The number of nitrogens with zero attached hydrogens (tertiary/aromatic N) is 5. The van der Waals surface area contributed by atoms with Crippen LogP contribution in [0.4, 0.5) is 27.8 Å². The fraction of sp³-hybridized carbons (Fsp3) is 0.250. The highest BCUT2D eigenvalue weighted by Crippen LogP contribution is 2.39. The van der Waals surface area contributed by atoms with Gasteiger partial charge >= 0.3 is 6.18 Å². The van der Waals surface area contributed by atoms with Crippen LogP contribution in [0.5, 0.6) is 0 Å². The molecule has 1 N–H and O–H groups in total. The Labute approximate surface area is 206 Å². The summed E-state index contributed by atoms with van der Waals surface area (Å²) in [5.41, 5.74) is -0.778. The molecule has 1 aliphatic rings. The number of benzene rings is 2. The van der Waals surface area contributed by atoms with Crippen molar-refractivity contribution < 1.29 is 22.0 Å². The van der Waals surface area contributed by atoms with Gasteiger partial charge in [0.05, 0.1) is 22.9 Å². The van der Waals surface area contributed by atoms with Crippen LogP contribution in [-0.4, -0.2) is 40.6 Å². The third-order valence-corrected chi connectivity index (χ3v) is 6.37. The van der Waals surface area contributed by atoms with Gasteiger partial charge in [0.2, 0.25) is 5.82 Å². The minimum atomic E-state index is -4.94. The minimum absolute atomic E-state index is 0.0145. The highest BCUT2D eigenvalue weighted by Gasteiger charge is 2.37. The number of fused-ring (bicyclic) bond motifs is 2. The number of aromatic nitrogens is 3. The maximum absolute atomic E-state index is 15.9. The second-order valence-corrected chi connectivity index (χ2v) is 8.65. The third-order valence-electron chi connectivity index (χ3n) is 6.00. The first kappa shape index (κ1) is 24.1. The fourth-order valence-corrected chi connectivity index (χ4v) is 4.64. The SMILES string of the molecule is N#CCC1CN(c2nc(C(F)(F)F)nc3c(F)c(-c4cccc5ccc(F)c(Cl)c45)ncc23)CCN1. The molecule has 184 valence electrons. The van der Waals surface area contributed by atoms with Crippen molar-refractivity contribution in [3.8, 4) is 17.3 Å². The molecule has 0 saturated carbocycles. The Morgan fingerprint density at radius 2 is 1.97 bits per heavy atom. The first-order valence-corrected chi connectivity index (χ1v) is 11.2. The van der Waals surface area contributed by atoms with Gasteiger partial charge in [-0.05, 0) is 11.5 Å². The highest BCUT2D eigenvalue weighted by molar-refractivity contribution is 6.36. The molecule has 6 nitrogen and oxygen atoms in total. The molecule has 1 atom stereocenters. The average Bonchev–Trinajstić information content (AvgIpc) is 2.85. The van der Waals surface area contributed by atoms with Gasteiger partial charge in [0.25, 0.3) is 0 Å². The van der Waals surface area contributed by atoms with E-state index in [1.165, 1.54) is 24.4 Å². The molecule has 0 radical (unpaired) electrons. The van der Waals surface area contributed by atoms with Crippen molar-refractivity contribution in [3.05, 3.63) is 59.0 Å². The second-order valence-electron chi connectivity index (χ2n) is 8.28. The van der Waals surface area contributed by atoms with Gasteiger partial charge in [-0.15, -0.1) is 0 Å². The molecule has 5 rings (SSSR count). The van der Waals surface area contributed by atoms with E-state index >= 15 is 4.39 Å². The quantitative estimate of drug-likeness (QED) is 0.362. The molecule has 1 saturated heterocycles. The van der Waals surface area contributed by atoms with Crippen molar-refractivity contribution in [2.24, 2.45) is 0 Å². The lowest BCUT2D eigenvalue weighted by molar-refractivity contribution is -0.144. The van der Waals surface area contributed by atoms with Crippen molar-refractivity contribution in [3.63, 3.8) is 0 Å². The van der Waals surface area contributed by atoms with Gasteiger partial charge in [0, 0.05) is 42.8 Å². The number of alkyl halides is 3. The average molecular weight is 519 g/mol. The third kappa shape index (κ3) is 4.16. The number of hydrogen-bond donors (Lipinski definition) is 1. The zero-order valence-electron chi connectivity index (χ0n) is 18.4. The van der Waals surface area contributed by atoms with Crippen molar-refractivity contribution in [1.82, 2.24) is 20.3 Å². The summed E-state index contributed by atoms with van der Waals surface area (Å²) in [6, 6.07) is 9.05. The van der Waals surface area contributed by atoms with E-state index < -0.39 is 29.2 Å². The van der Waals surface area contributed by atoms with Crippen molar-refractivity contribution >= 4 is 39.1 Å². The number of halogens is 6. The van der Waals surface area contributed by atoms with Crippen LogP contribution < -0.4 is 10.2 Å². The molecule has 1 fully saturated rings. The molecule has 3 heterocycles. The first-order valence-electron chi connectivity index (χ1n) is 10.8. The van der Waals surface area contributed by atoms with E-state index in [0.29, 0.717) is 11.9 Å². The number of nitriles is 1. The molecule has 1 unspecified atom stereocenters. The molecule has 0 aliphatic carbocycles. The summed E-state index contributed by atoms with van der Waals surface area (Å²) in [6.45, 7) is 0.874. The summed E-state index contributed by atoms with van der Waals surface area (Å²) < 4.78 is 71.3. The maximum atomic E-state index is 15.9. The van der Waals surface area contributed by atoms with E-state index in [1.807, 2.05) is 6.07 Å². The van der Waals surface area contributed by atoms with E-state index in [1.54, 1.807) is 17.0 Å². The number of rotatable bonds is 3. The summed E-state index contributed by atoms with van der Waals surface area (Å²) in [5.74, 6) is -3.47. The van der Waals surface area contributed by atoms with Gasteiger partial charge in [-0.2, -0.15) is 18.4 Å². The van der Waals surface area contributed by atoms with E-state index in [9.17, 15) is 17.6 Å². The molecule has 0 bridgehead atoms. The van der Waals surface area contributed by atoms with Crippen LogP contribution in [0.2, 0.25) is 5.02 Å². The predicted octanol–water partition coefficient (Wildman–Crippen LogP) is 5.49. The molecule has 2 aromatic carbocycles. The van der Waals surface area contributed by atoms with E-state index in [2.05, 4.69) is 20.3 Å². The Hall–Kier alpha value is -3.62. The number of pyridine rings is 1. The van der Waals surface area contributed by atoms with Crippen molar-refractivity contribution in [1.29, 1.82) is 5.26 Å². The van der Waals surface area contributed by atoms with Gasteiger partial charge in [0.1, 0.15) is 22.8 Å². The number of anilines is 1. The Balaban J connectivity index is 1.75. The monoisotopic (exact) mass is 518 g/mol. The Bertz CT molecular complexity index is 1530. The van der Waals surface area contributed by atoms with Crippen LogP contribution >= 0.6 is 11.6 Å². The molecule has 1 aliphatic heterocycles. The normalized spacial score (nSPS) is 16.5. The summed E-state index contributed by atoms with van der Waals surface area (Å²) >= 11 is 6.17. The van der Waals surface area contributed by atoms with Gasteiger partial charge in [0.15, 0.2) is 5.82 Å². The minimum Gasteiger partial charge on any atom is -0.353 e. The Morgan fingerprint density at radius 1 is 1.17 bits per heavy atom. The fourth-order valence-electron chi connectivity index (χ4n) is 4.37. The highest BCUT2D eigenvalue weighted by atomic mass is 35.5. The first-order chi connectivity index (χ1) is 17.2. The standard InChI is InChI=1S/C24H16ClF5N6/c25-18-16(26)5-4-12-2-1-3-14(17(12)18)20-19(27)21-15(10-33-20)22(35-23(34-21)24(28,29)30)36-9-8-32-13(11-36)6-7-31/h1-5,10,13,32H,6,8-9,11H2. The molecule has 2 aromatic heterocycles. The maximum Gasteiger partial charge on any atom is 0.451 e. The lowest BCUT2D eigenvalue weighted by atomic mass is 10.0. The largest absolute Gasteiger partial charge is 0.451 e. The summed E-state index contributed by atoms with van der Waals surface area (Å²) in [6.07, 6.45) is -3.60. The Morgan fingerprint density at radius 3 is 2.72 bits per heavy atom. The second kappa shape index (κ2) is 9.11. The van der Waals surface area contributed by atoms with Gasteiger partial charge in [-0.25, -0.2) is 18.7 Å². The van der Waals surface area contributed by atoms with Gasteiger partial charge in [-0.1, -0.05) is 35.9 Å². The summed E-state index contributed by atoms with van der Waals surface area (Å²) in [7, 11) is 0. The molecule has 36 heavy (non-hydrogen) atoms. The number of piperazine rings is 1. The van der Waals surface area contributed by atoms with E-state index in [0.717, 1.165) is 0 Å². The van der Waals surface area contributed by atoms with Crippen LogP contribution in [0.25, 0.3) is 32.9 Å². The van der Waals surface area contributed by atoms with E-state index in [-0.39, 0.29) is 58.4 Å². The van der Waals surface area contributed by atoms with E-state index in [4.69, 9.17) is 16.9 Å². The molecule has 4 aromatic rings. The molecular formula is C24H16ClF5N6. The topological polar surface area (TPSA) is 77.7 Å². The molecular weight excluding hydrogens is 503 g/mol. The summed E-state index contributed by atoms with van der Waals surface area (Å²) in [5, 5.41) is 12.5. The van der Waals surface area contributed by atoms with Crippen molar-refractivity contribution in [2.75, 3.05) is 24.5 Å². The van der Waals surface area contributed by atoms with Crippen molar-refractivity contribution in [2.45, 2.75) is 18.6 Å². The van der Waals surface area contributed by atoms with Crippen LogP contribution in [0.15, 0.2) is 36.5 Å². The van der Waals surface area contributed by atoms with Crippen LogP contribution in [0, 0.1) is 23.0 Å². The van der Waals surface area contributed by atoms with Crippen LogP contribution in [-0.2, 0) is 6.18 Å². The van der Waals surface area contributed by atoms with Crippen LogP contribution in [0.1, 0.15) is 12.2 Å².